The van der Waals surface area contributed by atoms with Crippen LogP contribution in [-0.2, 0) is 28.4 Å². The Kier molecular flexibility index (Phi) is 6.19. The van der Waals surface area contributed by atoms with E-state index < -0.39 is 15.4 Å². The molecule has 0 fully saturated rings. The van der Waals surface area contributed by atoms with Crippen LogP contribution in [0.1, 0.15) is 37.6 Å². The molecule has 0 atom stereocenters. The van der Waals surface area contributed by atoms with Gasteiger partial charge in [0, 0.05) is 18.2 Å². The van der Waals surface area contributed by atoms with Gasteiger partial charge >= 0.3 is 0 Å². The summed E-state index contributed by atoms with van der Waals surface area (Å²) in [6.45, 7) is 6.55. The summed E-state index contributed by atoms with van der Waals surface area (Å²) in [7, 11) is -3.73. The fourth-order valence-electron chi connectivity index (χ4n) is 3.03. The number of nitrogens with zero attached hydrogens (tertiary/aromatic N) is 2. The molecule has 5 nitrogen and oxygen atoms in total. The van der Waals surface area contributed by atoms with Gasteiger partial charge in [0.25, 0.3) is 0 Å². The number of hydrogen-bond donors (Lipinski definition) is 1. The lowest BCUT2D eigenvalue weighted by Gasteiger charge is -2.17. The molecule has 0 unspecified atom stereocenters. The summed E-state index contributed by atoms with van der Waals surface area (Å²) in [4.78, 5) is 0.194. The van der Waals surface area contributed by atoms with Gasteiger partial charge < -0.3 is 0 Å². The lowest BCUT2D eigenvalue weighted by molar-refractivity contribution is 0.531. The number of rotatable bonds is 7. The highest BCUT2D eigenvalue weighted by Gasteiger charge is 2.29. The molecule has 154 valence electrons. The van der Waals surface area contributed by atoms with Crippen LogP contribution >= 0.6 is 0 Å². The van der Waals surface area contributed by atoms with Crippen molar-refractivity contribution in [1.82, 2.24) is 14.5 Å². The van der Waals surface area contributed by atoms with E-state index in [1.165, 1.54) is 12.1 Å². The molecule has 0 aliphatic carbocycles. The summed E-state index contributed by atoms with van der Waals surface area (Å²) in [5.74, 6) is -0.310. The van der Waals surface area contributed by atoms with Crippen molar-refractivity contribution >= 4 is 10.0 Å². The molecule has 0 radical (unpaired) electrons. The Balaban J connectivity index is 1.79. The van der Waals surface area contributed by atoms with Crippen molar-refractivity contribution in [2.24, 2.45) is 0 Å². The largest absolute Gasteiger partial charge is 0.267 e. The first kappa shape index (κ1) is 21.2. The van der Waals surface area contributed by atoms with E-state index in [4.69, 9.17) is 0 Å². The van der Waals surface area contributed by atoms with Crippen LogP contribution in [0.5, 0.6) is 0 Å². The molecule has 0 aliphatic rings. The molecule has 1 heterocycles. The topological polar surface area (TPSA) is 64.0 Å². The number of halogens is 1. The number of nitrogens with one attached hydrogen (secondary N) is 1. The van der Waals surface area contributed by atoms with E-state index in [1.54, 1.807) is 23.0 Å². The van der Waals surface area contributed by atoms with Gasteiger partial charge in [-0.1, -0.05) is 63.2 Å². The molecule has 1 aromatic heterocycles. The number of benzene rings is 2. The highest BCUT2D eigenvalue weighted by Crippen LogP contribution is 2.27. The molecule has 0 bridgehead atoms. The van der Waals surface area contributed by atoms with Crippen molar-refractivity contribution in [1.29, 1.82) is 0 Å². The molecule has 2 aromatic carbocycles. The first-order valence-electron chi connectivity index (χ1n) is 9.51. The standard InChI is InChI=1S/C22H26FN3O2S/c1-22(2,3)21-20(16-26(25-21)15-18-7-5-4-6-8-18)29(27,28)24-14-13-17-9-11-19(23)12-10-17/h4-12,16,24H,13-15H2,1-3H3. The molecule has 0 aliphatic heterocycles. The molecule has 0 spiro atoms. The average molecular weight is 416 g/mol. The molecule has 3 rings (SSSR count). The normalized spacial score (nSPS) is 12.3. The second-order valence-corrected chi connectivity index (χ2v) is 9.78. The lowest BCUT2D eigenvalue weighted by Crippen LogP contribution is -2.28. The van der Waals surface area contributed by atoms with Gasteiger partial charge in [-0.05, 0) is 29.7 Å². The van der Waals surface area contributed by atoms with Crippen LogP contribution in [0, 0.1) is 5.82 Å². The van der Waals surface area contributed by atoms with E-state index in [-0.39, 0.29) is 17.3 Å². The van der Waals surface area contributed by atoms with Gasteiger partial charge in [0.2, 0.25) is 10.0 Å². The Morgan fingerprint density at radius 2 is 1.66 bits per heavy atom. The highest BCUT2D eigenvalue weighted by atomic mass is 32.2. The van der Waals surface area contributed by atoms with E-state index in [2.05, 4.69) is 9.82 Å². The molecular formula is C22H26FN3O2S. The van der Waals surface area contributed by atoms with Crippen molar-refractivity contribution in [2.75, 3.05) is 6.54 Å². The van der Waals surface area contributed by atoms with Crippen LogP contribution in [0.25, 0.3) is 0 Å². The minimum Gasteiger partial charge on any atom is -0.267 e. The Morgan fingerprint density at radius 1 is 1.00 bits per heavy atom. The highest BCUT2D eigenvalue weighted by molar-refractivity contribution is 7.89. The van der Waals surface area contributed by atoms with Gasteiger partial charge in [0.05, 0.1) is 12.2 Å². The summed E-state index contributed by atoms with van der Waals surface area (Å²) in [5.41, 5.74) is 2.01. The Morgan fingerprint density at radius 3 is 2.28 bits per heavy atom. The average Bonchev–Trinajstić information content (AvgIpc) is 3.09. The van der Waals surface area contributed by atoms with Crippen LogP contribution < -0.4 is 4.72 Å². The van der Waals surface area contributed by atoms with Gasteiger partial charge in [-0.15, -0.1) is 0 Å². The zero-order valence-electron chi connectivity index (χ0n) is 16.9. The van der Waals surface area contributed by atoms with E-state index >= 15 is 0 Å². The second kappa shape index (κ2) is 8.47. The monoisotopic (exact) mass is 415 g/mol. The number of sulfonamides is 1. The molecular weight excluding hydrogens is 389 g/mol. The third-order valence-corrected chi connectivity index (χ3v) is 6.00. The van der Waals surface area contributed by atoms with Crippen LogP contribution in [0.4, 0.5) is 4.39 Å². The van der Waals surface area contributed by atoms with Crippen LogP contribution in [0.3, 0.4) is 0 Å². The summed E-state index contributed by atoms with van der Waals surface area (Å²) in [6.07, 6.45) is 2.07. The third kappa shape index (κ3) is 5.52. The van der Waals surface area contributed by atoms with Crippen molar-refractivity contribution in [3.05, 3.63) is 83.4 Å². The van der Waals surface area contributed by atoms with Crippen LogP contribution in [0.15, 0.2) is 65.7 Å². The van der Waals surface area contributed by atoms with Crippen molar-refractivity contribution in [3.63, 3.8) is 0 Å². The Bertz CT molecular complexity index is 1050. The molecule has 0 saturated heterocycles. The fourth-order valence-corrected chi connectivity index (χ4v) is 4.42. The lowest BCUT2D eigenvalue weighted by atomic mass is 9.92. The summed E-state index contributed by atoms with van der Waals surface area (Å²) in [6, 6.07) is 15.8. The van der Waals surface area contributed by atoms with E-state index in [0.29, 0.717) is 18.7 Å². The van der Waals surface area contributed by atoms with Gasteiger partial charge in [-0.3, -0.25) is 4.68 Å². The molecule has 29 heavy (non-hydrogen) atoms. The number of hydrogen-bond acceptors (Lipinski definition) is 3. The summed E-state index contributed by atoms with van der Waals surface area (Å²) < 4.78 is 43.3. The molecule has 3 aromatic rings. The van der Waals surface area contributed by atoms with Crippen molar-refractivity contribution in [2.45, 2.75) is 44.0 Å². The maximum atomic E-state index is 13.0. The fraction of sp³-hybridized carbons (Fsp3) is 0.318. The Hall–Kier alpha value is -2.51. The SMILES string of the molecule is CC(C)(C)c1nn(Cc2ccccc2)cc1S(=O)(=O)NCCc1ccc(F)cc1. The predicted molar refractivity (Wildman–Crippen MR) is 112 cm³/mol. The minimum absolute atomic E-state index is 0.194. The first-order chi connectivity index (χ1) is 13.6. The molecule has 1 N–H and O–H groups in total. The quantitative estimate of drug-likeness (QED) is 0.637. The third-order valence-electron chi connectivity index (χ3n) is 4.53. The number of aromatic nitrogens is 2. The summed E-state index contributed by atoms with van der Waals surface area (Å²) in [5, 5.41) is 4.57. The van der Waals surface area contributed by atoms with Crippen LogP contribution in [-0.4, -0.2) is 24.7 Å². The minimum atomic E-state index is -3.73. The predicted octanol–water partition coefficient (Wildman–Crippen LogP) is 3.89. The second-order valence-electron chi connectivity index (χ2n) is 8.05. The van der Waals surface area contributed by atoms with E-state index in [1.807, 2.05) is 51.1 Å². The molecule has 0 saturated carbocycles. The smallest absolute Gasteiger partial charge is 0.244 e. The van der Waals surface area contributed by atoms with Crippen molar-refractivity contribution in [3.8, 4) is 0 Å². The molecule has 7 heteroatoms. The maximum absolute atomic E-state index is 13.0. The van der Waals surface area contributed by atoms with Gasteiger partial charge in [-0.25, -0.2) is 17.5 Å². The summed E-state index contributed by atoms with van der Waals surface area (Å²) >= 11 is 0. The van der Waals surface area contributed by atoms with Gasteiger partial charge in [0.1, 0.15) is 10.7 Å². The van der Waals surface area contributed by atoms with Gasteiger partial charge in [-0.2, -0.15) is 5.10 Å². The maximum Gasteiger partial charge on any atom is 0.244 e. The van der Waals surface area contributed by atoms with Crippen molar-refractivity contribution < 1.29 is 12.8 Å². The van der Waals surface area contributed by atoms with E-state index in [9.17, 15) is 12.8 Å². The van der Waals surface area contributed by atoms with Gasteiger partial charge in [0.15, 0.2) is 0 Å². The zero-order chi connectivity index (χ0) is 21.1. The molecule has 0 amide bonds. The zero-order valence-corrected chi connectivity index (χ0v) is 17.7. The first-order valence-corrected chi connectivity index (χ1v) is 11.0. The Labute approximate surface area is 171 Å². The van der Waals surface area contributed by atoms with Crippen LogP contribution in [0.2, 0.25) is 0 Å². The van der Waals surface area contributed by atoms with E-state index in [0.717, 1.165) is 11.1 Å².